The Morgan fingerprint density at radius 1 is 1.21 bits per heavy atom. The van der Waals surface area contributed by atoms with Crippen LogP contribution in [0.25, 0.3) is 0 Å². The first kappa shape index (κ1) is 11.8. The monoisotopic (exact) mass is 260 g/mol. The second kappa shape index (κ2) is 4.51. The molecular formula is C8H5Cl3F2O. The average molecular weight is 261 g/mol. The topological polar surface area (TPSA) is 9.23 Å². The van der Waals surface area contributed by atoms with Crippen molar-refractivity contribution >= 4 is 34.8 Å². The molecule has 1 nitrogen and oxygen atoms in total. The molecule has 0 spiro atoms. The zero-order valence-electron chi connectivity index (χ0n) is 6.74. The van der Waals surface area contributed by atoms with Gasteiger partial charge < -0.3 is 4.74 Å². The van der Waals surface area contributed by atoms with E-state index in [4.69, 9.17) is 39.5 Å². The Kier molecular flexibility index (Phi) is 3.81. The van der Waals surface area contributed by atoms with Crippen molar-refractivity contribution in [2.75, 3.05) is 6.61 Å². The number of alkyl halides is 3. The van der Waals surface area contributed by atoms with E-state index in [2.05, 4.69) is 0 Å². The molecule has 1 aromatic carbocycles. The van der Waals surface area contributed by atoms with Crippen LogP contribution in [0.1, 0.15) is 0 Å². The Balaban J connectivity index is 2.73. The first-order valence-electron chi connectivity index (χ1n) is 3.54. The van der Waals surface area contributed by atoms with Crippen molar-refractivity contribution in [2.45, 2.75) is 3.79 Å². The van der Waals surface area contributed by atoms with Gasteiger partial charge in [-0.3, -0.25) is 0 Å². The van der Waals surface area contributed by atoms with Crippen LogP contribution in [0.3, 0.4) is 0 Å². The third-order valence-electron chi connectivity index (χ3n) is 1.31. The van der Waals surface area contributed by atoms with Gasteiger partial charge in [-0.15, -0.1) is 0 Å². The van der Waals surface area contributed by atoms with E-state index in [0.717, 1.165) is 6.07 Å². The second-order valence-electron chi connectivity index (χ2n) is 2.46. The normalized spacial score (nSPS) is 11.5. The van der Waals surface area contributed by atoms with Crippen LogP contribution in [0.15, 0.2) is 18.2 Å². The molecule has 0 saturated heterocycles. The third-order valence-corrected chi connectivity index (χ3v) is 1.63. The zero-order valence-corrected chi connectivity index (χ0v) is 9.01. The van der Waals surface area contributed by atoms with E-state index in [1.807, 2.05) is 0 Å². The Hall–Kier alpha value is -0.250. The van der Waals surface area contributed by atoms with Gasteiger partial charge in [0, 0.05) is 0 Å². The van der Waals surface area contributed by atoms with Crippen LogP contribution in [0.5, 0.6) is 5.75 Å². The van der Waals surface area contributed by atoms with Gasteiger partial charge in [0.05, 0.1) is 0 Å². The highest BCUT2D eigenvalue weighted by Crippen LogP contribution is 2.28. The standard InChI is InChI=1S/C8H5Cl3F2O/c9-8(10,11)4-14-6-3-1-2-5(12)7(6)13/h1-3H,4H2. The van der Waals surface area contributed by atoms with Gasteiger partial charge >= 0.3 is 0 Å². The summed E-state index contributed by atoms with van der Waals surface area (Å²) >= 11 is 16.1. The molecule has 14 heavy (non-hydrogen) atoms. The van der Waals surface area contributed by atoms with Gasteiger partial charge in [-0.25, -0.2) is 4.39 Å². The maximum Gasteiger partial charge on any atom is 0.223 e. The van der Waals surface area contributed by atoms with Crippen LogP contribution < -0.4 is 4.74 Å². The molecule has 1 rings (SSSR count). The number of rotatable bonds is 2. The van der Waals surface area contributed by atoms with Gasteiger partial charge in [-0.05, 0) is 12.1 Å². The number of benzene rings is 1. The molecule has 0 heterocycles. The van der Waals surface area contributed by atoms with Gasteiger partial charge in [-0.2, -0.15) is 4.39 Å². The Bertz CT molecular complexity index is 325. The van der Waals surface area contributed by atoms with Crippen molar-refractivity contribution in [3.05, 3.63) is 29.8 Å². The summed E-state index contributed by atoms with van der Waals surface area (Å²) in [5.74, 6) is -2.38. The number of hydrogen-bond acceptors (Lipinski definition) is 1. The molecule has 0 aliphatic rings. The molecule has 0 radical (unpaired) electrons. The summed E-state index contributed by atoms with van der Waals surface area (Å²) in [7, 11) is 0. The van der Waals surface area contributed by atoms with E-state index in [-0.39, 0.29) is 12.4 Å². The Morgan fingerprint density at radius 2 is 1.86 bits per heavy atom. The molecule has 0 aromatic heterocycles. The van der Waals surface area contributed by atoms with E-state index in [0.29, 0.717) is 0 Å². The lowest BCUT2D eigenvalue weighted by Crippen LogP contribution is -2.16. The van der Waals surface area contributed by atoms with Crippen LogP contribution in [-0.2, 0) is 0 Å². The number of halogens is 5. The quantitative estimate of drug-likeness (QED) is 0.737. The van der Waals surface area contributed by atoms with Crippen molar-refractivity contribution in [2.24, 2.45) is 0 Å². The maximum absolute atomic E-state index is 12.9. The SMILES string of the molecule is Fc1cccc(OCC(Cl)(Cl)Cl)c1F. The molecule has 0 aliphatic heterocycles. The highest BCUT2D eigenvalue weighted by Gasteiger charge is 2.21. The fourth-order valence-electron chi connectivity index (χ4n) is 0.755. The van der Waals surface area contributed by atoms with E-state index in [1.165, 1.54) is 12.1 Å². The third kappa shape index (κ3) is 3.48. The molecule has 0 saturated carbocycles. The zero-order chi connectivity index (χ0) is 10.8. The maximum atomic E-state index is 12.9. The minimum absolute atomic E-state index is 0.281. The summed E-state index contributed by atoms with van der Waals surface area (Å²) in [5.41, 5.74) is 0. The van der Waals surface area contributed by atoms with Gasteiger partial charge in [-0.1, -0.05) is 40.9 Å². The van der Waals surface area contributed by atoms with Crippen molar-refractivity contribution in [1.82, 2.24) is 0 Å². The molecule has 0 aliphatic carbocycles. The highest BCUT2D eigenvalue weighted by atomic mass is 35.6. The van der Waals surface area contributed by atoms with E-state index < -0.39 is 15.4 Å². The minimum atomic E-state index is -1.65. The summed E-state index contributed by atoms with van der Waals surface area (Å²) in [6.45, 7) is -0.349. The Labute approximate surface area is 94.5 Å². The fraction of sp³-hybridized carbons (Fsp3) is 0.250. The molecular weight excluding hydrogens is 256 g/mol. The van der Waals surface area contributed by atoms with Crippen molar-refractivity contribution in [1.29, 1.82) is 0 Å². The number of hydrogen-bond donors (Lipinski definition) is 0. The molecule has 0 unspecified atom stereocenters. The minimum Gasteiger partial charge on any atom is -0.486 e. The van der Waals surface area contributed by atoms with E-state index >= 15 is 0 Å². The van der Waals surface area contributed by atoms with Gasteiger partial charge in [0.2, 0.25) is 9.61 Å². The molecule has 1 aromatic rings. The van der Waals surface area contributed by atoms with Crippen LogP contribution in [0, 0.1) is 11.6 Å². The summed E-state index contributed by atoms with van der Waals surface area (Å²) < 4.78 is 28.7. The molecule has 78 valence electrons. The lowest BCUT2D eigenvalue weighted by Gasteiger charge is -2.12. The Morgan fingerprint density at radius 3 is 2.43 bits per heavy atom. The average Bonchev–Trinajstić information content (AvgIpc) is 2.06. The molecule has 6 heteroatoms. The summed E-state index contributed by atoms with van der Waals surface area (Å²) in [4.78, 5) is 0. The summed E-state index contributed by atoms with van der Waals surface area (Å²) in [6, 6.07) is 3.51. The summed E-state index contributed by atoms with van der Waals surface area (Å²) in [5, 5.41) is 0. The van der Waals surface area contributed by atoms with Crippen LogP contribution in [-0.4, -0.2) is 10.4 Å². The largest absolute Gasteiger partial charge is 0.486 e. The molecule has 0 N–H and O–H groups in total. The molecule has 0 atom stereocenters. The summed E-state index contributed by atoms with van der Waals surface area (Å²) in [6.07, 6.45) is 0. The lowest BCUT2D eigenvalue weighted by atomic mass is 10.3. The van der Waals surface area contributed by atoms with Crippen LogP contribution in [0.2, 0.25) is 0 Å². The van der Waals surface area contributed by atoms with Crippen molar-refractivity contribution in [3.63, 3.8) is 0 Å². The predicted molar refractivity (Wildman–Crippen MR) is 52.1 cm³/mol. The smallest absolute Gasteiger partial charge is 0.223 e. The molecule has 0 amide bonds. The number of ether oxygens (including phenoxy) is 1. The van der Waals surface area contributed by atoms with Gasteiger partial charge in [0.15, 0.2) is 11.6 Å². The highest BCUT2D eigenvalue weighted by molar-refractivity contribution is 6.67. The first-order valence-corrected chi connectivity index (χ1v) is 4.67. The second-order valence-corrected chi connectivity index (χ2v) is 4.97. The van der Waals surface area contributed by atoms with E-state index in [1.54, 1.807) is 0 Å². The van der Waals surface area contributed by atoms with Crippen molar-refractivity contribution in [3.8, 4) is 5.75 Å². The first-order chi connectivity index (χ1) is 6.40. The van der Waals surface area contributed by atoms with Crippen LogP contribution in [0.4, 0.5) is 8.78 Å². The molecule has 0 fully saturated rings. The fourth-order valence-corrected chi connectivity index (χ4v) is 0.919. The van der Waals surface area contributed by atoms with Crippen LogP contribution >= 0.6 is 34.8 Å². The molecule has 0 bridgehead atoms. The lowest BCUT2D eigenvalue weighted by molar-refractivity contribution is 0.302. The van der Waals surface area contributed by atoms with E-state index in [9.17, 15) is 8.78 Å². The van der Waals surface area contributed by atoms with Gasteiger partial charge in [0.25, 0.3) is 0 Å². The van der Waals surface area contributed by atoms with Gasteiger partial charge in [0.1, 0.15) is 6.61 Å². The predicted octanol–water partition coefficient (Wildman–Crippen LogP) is 3.71. The van der Waals surface area contributed by atoms with Crippen molar-refractivity contribution < 1.29 is 13.5 Å².